The minimum absolute atomic E-state index is 0.00305. The van der Waals surface area contributed by atoms with Gasteiger partial charge in [-0.1, -0.05) is 23.7 Å². The number of hydrogen-bond donors (Lipinski definition) is 3. The van der Waals surface area contributed by atoms with Gasteiger partial charge in [0.1, 0.15) is 11.9 Å². The number of halogens is 1. The van der Waals surface area contributed by atoms with Crippen LogP contribution in [-0.2, 0) is 4.79 Å². The minimum atomic E-state index is -0.305. The lowest BCUT2D eigenvalue weighted by Crippen LogP contribution is -2.57. The summed E-state index contributed by atoms with van der Waals surface area (Å²) >= 11 is 6.08. The van der Waals surface area contributed by atoms with Crippen molar-refractivity contribution in [2.75, 3.05) is 33.2 Å². The number of dihydropyridines is 1. The molecule has 28 heavy (non-hydrogen) atoms. The first-order valence-electron chi connectivity index (χ1n) is 9.49. The average molecular weight is 401 g/mol. The van der Waals surface area contributed by atoms with Crippen LogP contribution in [0.3, 0.4) is 0 Å². The maximum Gasteiger partial charge on any atom is 0.236 e. The third kappa shape index (κ3) is 3.65. The number of primary amides is 1. The summed E-state index contributed by atoms with van der Waals surface area (Å²) in [6.07, 6.45) is 4.84. The molecular formula is C20H25ClN6O. The molecule has 3 aliphatic heterocycles. The number of allylic oxidation sites excluding steroid dienone is 1. The fraction of sp³-hybridized carbons (Fsp3) is 0.400. The number of hydrogen-bond acceptors (Lipinski definition) is 6. The number of hydrazine groups is 1. The number of carbonyl (C=O) groups excluding carboxylic acids is 1. The lowest BCUT2D eigenvalue weighted by Gasteiger charge is -2.39. The molecule has 4 rings (SSSR count). The molecule has 0 aromatic heterocycles. The summed E-state index contributed by atoms with van der Waals surface area (Å²) in [5, 5.41) is 0.716. The minimum Gasteiger partial charge on any atom is -0.368 e. The molecule has 2 atom stereocenters. The van der Waals surface area contributed by atoms with Crippen LogP contribution >= 0.6 is 11.6 Å². The number of rotatable bonds is 4. The third-order valence-corrected chi connectivity index (χ3v) is 5.86. The molecule has 0 aliphatic carbocycles. The number of nitrogens with two attached hydrogens (primary N) is 1. The number of likely N-dealkylation sites (N-methyl/N-ethyl adjacent to an activating group) is 1. The molecule has 0 bridgehead atoms. The van der Waals surface area contributed by atoms with Crippen LogP contribution in [0.5, 0.6) is 0 Å². The van der Waals surface area contributed by atoms with Crippen molar-refractivity contribution in [2.24, 2.45) is 10.7 Å². The Labute approximate surface area is 169 Å². The first kappa shape index (κ1) is 19.0. The first-order chi connectivity index (χ1) is 13.5. The SMILES string of the molecule is CN1CCN(C2=C(C3=CC=NCC3)C(c3ccc(Cl)cc3)NN2)CC1C(N)=O. The van der Waals surface area contributed by atoms with Crippen molar-refractivity contribution in [3.63, 3.8) is 0 Å². The predicted octanol–water partition coefficient (Wildman–Crippen LogP) is 1.20. The van der Waals surface area contributed by atoms with Crippen molar-refractivity contribution < 1.29 is 4.79 Å². The van der Waals surface area contributed by atoms with E-state index in [0.717, 1.165) is 37.4 Å². The van der Waals surface area contributed by atoms with Gasteiger partial charge in [-0.05, 0) is 42.8 Å². The van der Waals surface area contributed by atoms with Crippen molar-refractivity contribution in [3.8, 4) is 0 Å². The summed E-state index contributed by atoms with van der Waals surface area (Å²) in [5.74, 6) is 0.722. The van der Waals surface area contributed by atoms with E-state index in [4.69, 9.17) is 17.3 Å². The van der Waals surface area contributed by atoms with Crippen molar-refractivity contribution in [1.29, 1.82) is 0 Å². The van der Waals surface area contributed by atoms with Crippen LogP contribution in [0.1, 0.15) is 18.0 Å². The molecular weight excluding hydrogens is 376 g/mol. The Balaban J connectivity index is 1.72. The van der Waals surface area contributed by atoms with E-state index >= 15 is 0 Å². The quantitative estimate of drug-likeness (QED) is 0.707. The number of carbonyl (C=O) groups is 1. The first-order valence-corrected chi connectivity index (χ1v) is 9.87. The summed E-state index contributed by atoms with van der Waals surface area (Å²) in [6, 6.07) is 7.59. The van der Waals surface area contributed by atoms with E-state index in [1.165, 1.54) is 11.1 Å². The summed E-state index contributed by atoms with van der Waals surface area (Å²) in [4.78, 5) is 20.5. The second-order valence-corrected chi connectivity index (χ2v) is 7.79. The summed E-state index contributed by atoms with van der Waals surface area (Å²) < 4.78 is 0. The summed E-state index contributed by atoms with van der Waals surface area (Å²) in [5.41, 5.74) is 16.0. The molecule has 8 heteroatoms. The van der Waals surface area contributed by atoms with Gasteiger partial charge in [0.25, 0.3) is 0 Å². The molecule has 7 nitrogen and oxygen atoms in total. The van der Waals surface area contributed by atoms with Gasteiger partial charge in [0, 0.05) is 43.0 Å². The van der Waals surface area contributed by atoms with E-state index in [1.807, 2.05) is 42.4 Å². The molecule has 148 valence electrons. The maximum absolute atomic E-state index is 11.9. The molecule has 0 spiro atoms. The second kappa shape index (κ2) is 7.95. The van der Waals surface area contributed by atoms with E-state index in [-0.39, 0.29) is 18.0 Å². The zero-order chi connectivity index (χ0) is 19.7. The van der Waals surface area contributed by atoms with Crippen LogP contribution in [0.2, 0.25) is 5.02 Å². The molecule has 4 N–H and O–H groups in total. The molecule has 0 saturated carbocycles. The molecule has 1 aromatic rings. The van der Waals surface area contributed by atoms with E-state index in [0.29, 0.717) is 11.6 Å². The molecule has 2 unspecified atom stereocenters. The van der Waals surface area contributed by atoms with Crippen LogP contribution < -0.4 is 16.6 Å². The van der Waals surface area contributed by atoms with Gasteiger partial charge in [0.2, 0.25) is 5.91 Å². The highest BCUT2D eigenvalue weighted by molar-refractivity contribution is 6.30. The standard InChI is InChI=1S/C20H25ClN6O/c1-26-10-11-27(12-16(26)19(22)28)20-17(13-6-8-23-9-7-13)18(24-25-20)14-2-4-15(21)5-3-14/h2-6,8,16,18,24-25H,7,9-12H2,1H3,(H2,22,28). The molecule has 1 aromatic carbocycles. The van der Waals surface area contributed by atoms with Gasteiger partial charge in [0.05, 0.1) is 6.04 Å². The van der Waals surface area contributed by atoms with Crippen LogP contribution in [0, 0.1) is 0 Å². The third-order valence-electron chi connectivity index (χ3n) is 5.61. The van der Waals surface area contributed by atoms with Gasteiger partial charge in [0.15, 0.2) is 0 Å². The smallest absolute Gasteiger partial charge is 0.236 e. The van der Waals surface area contributed by atoms with Crippen molar-refractivity contribution in [3.05, 3.63) is 57.9 Å². The van der Waals surface area contributed by atoms with Gasteiger partial charge < -0.3 is 16.1 Å². The Morgan fingerprint density at radius 2 is 2.07 bits per heavy atom. The van der Waals surface area contributed by atoms with E-state index < -0.39 is 0 Å². The number of aliphatic imine (C=N–C) groups is 1. The highest BCUT2D eigenvalue weighted by atomic mass is 35.5. The number of piperazine rings is 1. The number of benzene rings is 1. The second-order valence-electron chi connectivity index (χ2n) is 7.36. The van der Waals surface area contributed by atoms with Gasteiger partial charge in [-0.2, -0.15) is 0 Å². The lowest BCUT2D eigenvalue weighted by atomic mass is 9.91. The molecule has 3 aliphatic rings. The van der Waals surface area contributed by atoms with E-state index in [1.54, 1.807) is 0 Å². The Morgan fingerprint density at radius 1 is 1.29 bits per heavy atom. The number of nitrogens with one attached hydrogen (secondary N) is 2. The zero-order valence-electron chi connectivity index (χ0n) is 15.9. The van der Waals surface area contributed by atoms with Gasteiger partial charge in [-0.15, -0.1) is 0 Å². The number of amides is 1. The van der Waals surface area contributed by atoms with Crippen LogP contribution in [0.25, 0.3) is 0 Å². The van der Waals surface area contributed by atoms with Gasteiger partial charge in [-0.3, -0.25) is 14.7 Å². The Morgan fingerprint density at radius 3 is 2.75 bits per heavy atom. The zero-order valence-corrected chi connectivity index (χ0v) is 16.6. The highest BCUT2D eigenvalue weighted by Gasteiger charge is 2.36. The molecule has 3 heterocycles. The van der Waals surface area contributed by atoms with Crippen molar-refractivity contribution >= 4 is 23.7 Å². The Bertz CT molecular complexity index is 847. The van der Waals surface area contributed by atoms with E-state index in [2.05, 4.69) is 26.8 Å². The molecule has 1 saturated heterocycles. The summed E-state index contributed by atoms with van der Waals surface area (Å²) in [6.45, 7) is 2.94. The lowest BCUT2D eigenvalue weighted by molar-refractivity contribution is -0.124. The predicted molar refractivity (Wildman–Crippen MR) is 111 cm³/mol. The van der Waals surface area contributed by atoms with E-state index in [9.17, 15) is 4.79 Å². The number of nitrogens with zero attached hydrogens (tertiary/aromatic N) is 3. The van der Waals surface area contributed by atoms with Crippen LogP contribution in [-0.4, -0.2) is 61.2 Å². The Hall–Kier alpha value is -2.35. The fourth-order valence-corrected chi connectivity index (χ4v) is 4.13. The normalized spacial score (nSPS) is 25.6. The topological polar surface area (TPSA) is 86.0 Å². The average Bonchev–Trinajstić information content (AvgIpc) is 3.14. The summed E-state index contributed by atoms with van der Waals surface area (Å²) in [7, 11) is 1.94. The maximum atomic E-state index is 11.9. The fourth-order valence-electron chi connectivity index (χ4n) is 4.00. The largest absolute Gasteiger partial charge is 0.368 e. The Kier molecular flexibility index (Phi) is 5.39. The van der Waals surface area contributed by atoms with Gasteiger partial charge in [-0.25, -0.2) is 5.43 Å². The van der Waals surface area contributed by atoms with Gasteiger partial charge >= 0.3 is 0 Å². The van der Waals surface area contributed by atoms with Crippen LogP contribution in [0.15, 0.2) is 52.3 Å². The van der Waals surface area contributed by atoms with Crippen molar-refractivity contribution in [1.82, 2.24) is 20.7 Å². The molecule has 0 radical (unpaired) electrons. The molecule has 1 fully saturated rings. The monoisotopic (exact) mass is 400 g/mol. The van der Waals surface area contributed by atoms with Crippen molar-refractivity contribution in [2.45, 2.75) is 18.5 Å². The molecule has 1 amide bonds. The highest BCUT2D eigenvalue weighted by Crippen LogP contribution is 2.36. The van der Waals surface area contributed by atoms with Crippen LogP contribution in [0.4, 0.5) is 0 Å².